The van der Waals surface area contributed by atoms with Gasteiger partial charge in [0.05, 0.1) is 0 Å². The van der Waals surface area contributed by atoms with Crippen LogP contribution in [0.25, 0.3) is 5.57 Å². The monoisotopic (exact) mass is 370 g/mol. The zero-order valence-corrected chi connectivity index (χ0v) is 17.6. The number of nitrogens with zero attached hydrogens (tertiary/aromatic N) is 2. The van der Waals surface area contributed by atoms with Gasteiger partial charge in [0.25, 0.3) is 0 Å². The first-order valence-electron chi connectivity index (χ1n) is 9.68. The highest BCUT2D eigenvalue weighted by Crippen LogP contribution is 2.38. The van der Waals surface area contributed by atoms with E-state index in [1.165, 1.54) is 33.6 Å². The molecule has 0 bridgehead atoms. The minimum atomic E-state index is 0.167. The lowest BCUT2D eigenvalue weighted by Crippen LogP contribution is -2.12. The zero-order chi connectivity index (χ0) is 20.3. The van der Waals surface area contributed by atoms with Crippen LogP contribution in [0, 0.1) is 0 Å². The molecular formula is C26H30N2. The van der Waals surface area contributed by atoms with Gasteiger partial charge in [0, 0.05) is 45.5 Å². The van der Waals surface area contributed by atoms with Crippen molar-refractivity contribution in [2.45, 2.75) is 12.8 Å². The molecule has 144 valence electrons. The van der Waals surface area contributed by atoms with Crippen molar-refractivity contribution >= 4 is 16.9 Å². The van der Waals surface area contributed by atoms with E-state index in [2.05, 4.69) is 124 Å². The number of rotatable bonds is 6. The third kappa shape index (κ3) is 4.12. The Kier molecular flexibility index (Phi) is 5.89. The molecule has 0 fully saturated rings. The second kappa shape index (κ2) is 8.35. The summed E-state index contributed by atoms with van der Waals surface area (Å²) < 4.78 is 0. The molecule has 0 N–H and O–H groups in total. The highest BCUT2D eigenvalue weighted by molar-refractivity contribution is 5.71. The maximum atomic E-state index is 4.27. The Bertz CT molecular complexity index is 938. The summed E-state index contributed by atoms with van der Waals surface area (Å²) in [4.78, 5) is 4.27. The zero-order valence-electron chi connectivity index (χ0n) is 17.6. The van der Waals surface area contributed by atoms with Crippen molar-refractivity contribution < 1.29 is 0 Å². The SMILES string of the molecule is C=C(C)c1cc(N(C)C)ccc1C(c1ccccc1)c1ccc(N(C)C)cc1. The van der Waals surface area contributed by atoms with E-state index in [9.17, 15) is 0 Å². The van der Waals surface area contributed by atoms with Gasteiger partial charge in [-0.2, -0.15) is 0 Å². The van der Waals surface area contributed by atoms with Gasteiger partial charge in [-0.25, -0.2) is 0 Å². The first kappa shape index (κ1) is 19.8. The molecule has 0 aliphatic carbocycles. The summed E-state index contributed by atoms with van der Waals surface area (Å²) in [5.74, 6) is 0.167. The van der Waals surface area contributed by atoms with Crippen LogP contribution in [0.5, 0.6) is 0 Å². The quantitative estimate of drug-likeness (QED) is 0.489. The van der Waals surface area contributed by atoms with Gasteiger partial charge in [-0.1, -0.05) is 60.7 Å². The molecule has 3 aromatic carbocycles. The average Bonchev–Trinajstić information content (AvgIpc) is 2.69. The molecule has 0 aromatic heterocycles. The highest BCUT2D eigenvalue weighted by atomic mass is 15.1. The van der Waals surface area contributed by atoms with Gasteiger partial charge >= 0.3 is 0 Å². The Morgan fingerprint density at radius 2 is 1.25 bits per heavy atom. The summed E-state index contributed by atoms with van der Waals surface area (Å²) >= 11 is 0. The van der Waals surface area contributed by atoms with E-state index < -0.39 is 0 Å². The number of anilines is 2. The number of benzene rings is 3. The van der Waals surface area contributed by atoms with Crippen molar-refractivity contribution in [3.05, 3.63) is 102 Å². The number of allylic oxidation sites excluding steroid dienone is 1. The van der Waals surface area contributed by atoms with Gasteiger partial charge in [0.2, 0.25) is 0 Å². The highest BCUT2D eigenvalue weighted by Gasteiger charge is 2.21. The first-order chi connectivity index (χ1) is 13.4. The lowest BCUT2D eigenvalue weighted by molar-refractivity contribution is 0.967. The Morgan fingerprint density at radius 3 is 1.79 bits per heavy atom. The second-order valence-corrected chi connectivity index (χ2v) is 7.78. The van der Waals surface area contributed by atoms with Crippen LogP contribution in [0.15, 0.2) is 79.4 Å². The molecule has 2 heteroatoms. The molecule has 0 aliphatic heterocycles. The Hall–Kier alpha value is -3.00. The van der Waals surface area contributed by atoms with Crippen molar-refractivity contribution in [1.82, 2.24) is 0 Å². The van der Waals surface area contributed by atoms with Gasteiger partial charge < -0.3 is 9.80 Å². The van der Waals surface area contributed by atoms with Gasteiger partial charge in [0.1, 0.15) is 0 Å². The van der Waals surface area contributed by atoms with E-state index in [1.807, 2.05) is 0 Å². The van der Waals surface area contributed by atoms with Crippen molar-refractivity contribution in [3.8, 4) is 0 Å². The average molecular weight is 371 g/mol. The molecule has 28 heavy (non-hydrogen) atoms. The fraction of sp³-hybridized carbons (Fsp3) is 0.231. The van der Waals surface area contributed by atoms with Crippen LogP contribution in [0.1, 0.15) is 35.1 Å². The van der Waals surface area contributed by atoms with E-state index in [0.29, 0.717) is 0 Å². The minimum absolute atomic E-state index is 0.167. The Labute approximate surface area is 169 Å². The van der Waals surface area contributed by atoms with E-state index in [4.69, 9.17) is 0 Å². The minimum Gasteiger partial charge on any atom is -0.378 e. The molecule has 0 spiro atoms. The predicted molar refractivity (Wildman–Crippen MR) is 124 cm³/mol. The standard InChI is InChI=1S/C26H30N2/c1-19(2)25-18-23(28(5)6)16-17-24(25)26(20-10-8-7-9-11-20)21-12-14-22(15-13-21)27(3)4/h7-18,26H,1H2,2-6H3. The topological polar surface area (TPSA) is 6.48 Å². The van der Waals surface area contributed by atoms with Crippen LogP contribution < -0.4 is 9.80 Å². The van der Waals surface area contributed by atoms with E-state index >= 15 is 0 Å². The molecular weight excluding hydrogens is 340 g/mol. The van der Waals surface area contributed by atoms with Gasteiger partial charge in [-0.15, -0.1) is 0 Å². The molecule has 0 amide bonds. The smallest absolute Gasteiger partial charge is 0.0367 e. The van der Waals surface area contributed by atoms with Crippen molar-refractivity contribution in [1.29, 1.82) is 0 Å². The fourth-order valence-corrected chi connectivity index (χ4v) is 3.61. The van der Waals surface area contributed by atoms with E-state index in [0.717, 1.165) is 5.57 Å². The predicted octanol–water partition coefficient (Wildman–Crippen LogP) is 6.03. The lowest BCUT2D eigenvalue weighted by Gasteiger charge is -2.25. The van der Waals surface area contributed by atoms with Crippen LogP contribution in [-0.2, 0) is 0 Å². The summed E-state index contributed by atoms with van der Waals surface area (Å²) in [6.07, 6.45) is 0. The number of hydrogen-bond donors (Lipinski definition) is 0. The van der Waals surface area contributed by atoms with Gasteiger partial charge in [-0.3, -0.25) is 0 Å². The molecule has 2 nitrogen and oxygen atoms in total. The molecule has 1 unspecified atom stereocenters. The normalized spacial score (nSPS) is 11.8. The van der Waals surface area contributed by atoms with Crippen molar-refractivity contribution in [2.24, 2.45) is 0 Å². The molecule has 0 aliphatic rings. The largest absolute Gasteiger partial charge is 0.378 e. The third-order valence-electron chi connectivity index (χ3n) is 5.20. The fourth-order valence-electron chi connectivity index (χ4n) is 3.61. The van der Waals surface area contributed by atoms with Crippen LogP contribution in [0.2, 0.25) is 0 Å². The third-order valence-corrected chi connectivity index (χ3v) is 5.20. The summed E-state index contributed by atoms with van der Waals surface area (Å²) in [7, 11) is 8.30. The van der Waals surface area contributed by atoms with Crippen LogP contribution >= 0.6 is 0 Å². The molecule has 3 aromatic rings. The molecule has 0 saturated carbocycles. The maximum absolute atomic E-state index is 4.27. The Balaban J connectivity index is 2.19. The van der Waals surface area contributed by atoms with E-state index in [1.54, 1.807) is 0 Å². The summed E-state index contributed by atoms with van der Waals surface area (Å²) in [5.41, 5.74) is 8.58. The van der Waals surface area contributed by atoms with Gasteiger partial charge in [0.15, 0.2) is 0 Å². The van der Waals surface area contributed by atoms with Crippen LogP contribution in [0.3, 0.4) is 0 Å². The summed E-state index contributed by atoms with van der Waals surface area (Å²) in [6, 6.07) is 26.3. The van der Waals surface area contributed by atoms with Crippen LogP contribution in [0.4, 0.5) is 11.4 Å². The van der Waals surface area contributed by atoms with Crippen molar-refractivity contribution in [3.63, 3.8) is 0 Å². The lowest BCUT2D eigenvalue weighted by atomic mass is 9.81. The van der Waals surface area contributed by atoms with Crippen molar-refractivity contribution in [2.75, 3.05) is 38.0 Å². The molecule has 1 atom stereocenters. The van der Waals surface area contributed by atoms with Gasteiger partial charge in [-0.05, 0) is 53.4 Å². The maximum Gasteiger partial charge on any atom is 0.0367 e. The molecule has 0 radical (unpaired) electrons. The molecule has 3 rings (SSSR count). The Morgan fingerprint density at radius 1 is 0.714 bits per heavy atom. The van der Waals surface area contributed by atoms with Crippen LogP contribution in [-0.4, -0.2) is 28.2 Å². The summed E-state index contributed by atoms with van der Waals surface area (Å²) in [5, 5.41) is 0. The first-order valence-corrected chi connectivity index (χ1v) is 9.68. The molecule has 0 saturated heterocycles. The number of hydrogen-bond acceptors (Lipinski definition) is 2. The van der Waals surface area contributed by atoms with E-state index in [-0.39, 0.29) is 5.92 Å². The summed E-state index contributed by atoms with van der Waals surface area (Å²) in [6.45, 7) is 6.36. The molecule has 0 heterocycles. The second-order valence-electron chi connectivity index (χ2n) is 7.78.